The molecule has 2 rings (SSSR count). The average Bonchev–Trinajstić information content (AvgIpc) is 3.04. The van der Waals surface area contributed by atoms with Crippen molar-refractivity contribution in [3.05, 3.63) is 47.5 Å². The third kappa shape index (κ3) is 6.24. The van der Waals surface area contributed by atoms with Crippen LogP contribution in [0.5, 0.6) is 0 Å². The van der Waals surface area contributed by atoms with Gasteiger partial charge < -0.3 is 15.1 Å². The third-order valence-electron chi connectivity index (χ3n) is 5.06. The molecule has 1 heterocycles. The number of aliphatic hydroxyl groups excluding tert-OH is 1. The summed E-state index contributed by atoms with van der Waals surface area (Å²) in [4.78, 5) is 25.0. The molecule has 0 saturated carbocycles. The number of aromatic carboxylic acids is 1. The molecule has 5 heteroatoms. The number of hydrogen-bond acceptors (Lipinski definition) is 3. The maximum absolute atomic E-state index is 12.2. The van der Waals surface area contributed by atoms with Crippen LogP contribution in [0.3, 0.4) is 0 Å². The van der Waals surface area contributed by atoms with Crippen molar-refractivity contribution in [2.45, 2.75) is 58.1 Å². The molecule has 0 radical (unpaired) electrons. The zero-order valence-corrected chi connectivity index (χ0v) is 16.6. The fraction of sp³-hybridized carbons (Fsp3) is 0.478. The molecule has 1 unspecified atom stereocenters. The first-order valence-corrected chi connectivity index (χ1v) is 9.86. The second-order valence-corrected chi connectivity index (χ2v) is 7.21. The van der Waals surface area contributed by atoms with Crippen molar-refractivity contribution < 1.29 is 19.8 Å². The number of amides is 1. The monoisotopic (exact) mass is 383 g/mol. The topological polar surface area (TPSA) is 77.8 Å². The van der Waals surface area contributed by atoms with Crippen LogP contribution in [-0.4, -0.2) is 45.7 Å². The number of carbonyl (C=O) groups excluding carboxylic acids is 1. The van der Waals surface area contributed by atoms with E-state index in [1.54, 1.807) is 30.3 Å². The smallest absolute Gasteiger partial charge is 0.335 e. The van der Waals surface area contributed by atoms with Gasteiger partial charge in [-0.25, -0.2) is 4.79 Å². The fourth-order valence-corrected chi connectivity index (χ4v) is 3.22. The lowest BCUT2D eigenvalue weighted by Crippen LogP contribution is -2.34. The molecule has 3 atom stereocenters. The van der Waals surface area contributed by atoms with Gasteiger partial charge in [-0.1, -0.05) is 38.1 Å². The van der Waals surface area contributed by atoms with E-state index < -0.39 is 12.1 Å². The molecule has 1 aromatic rings. The number of carbonyl (C=O) groups is 2. The van der Waals surface area contributed by atoms with E-state index in [1.807, 2.05) is 24.8 Å². The first-order chi connectivity index (χ1) is 13.4. The van der Waals surface area contributed by atoms with E-state index in [0.717, 1.165) is 18.4 Å². The lowest BCUT2D eigenvalue weighted by molar-refractivity contribution is -0.128. The maximum atomic E-state index is 12.2. The zero-order valence-electron chi connectivity index (χ0n) is 16.6. The largest absolute Gasteiger partial charge is 0.478 e. The second kappa shape index (κ2) is 10.7. The van der Waals surface area contributed by atoms with E-state index >= 15 is 0 Å². The summed E-state index contributed by atoms with van der Waals surface area (Å²) < 4.78 is 0. The highest BCUT2D eigenvalue weighted by Crippen LogP contribution is 2.21. The summed E-state index contributed by atoms with van der Waals surface area (Å²) in [6, 6.07) is 6.74. The van der Waals surface area contributed by atoms with Crippen molar-refractivity contribution in [1.82, 2.24) is 4.90 Å². The summed E-state index contributed by atoms with van der Waals surface area (Å²) in [6.45, 7) is 4.55. The molecule has 150 valence electrons. The molecule has 0 bridgehead atoms. The van der Waals surface area contributed by atoms with Crippen LogP contribution in [0.2, 0.25) is 0 Å². The number of hydrogen-bond donors (Lipinski definition) is 2. The Balaban J connectivity index is 1.92. The van der Waals surface area contributed by atoms with Crippen molar-refractivity contribution in [2.24, 2.45) is 5.92 Å². The maximum Gasteiger partial charge on any atom is 0.335 e. The minimum Gasteiger partial charge on any atom is -0.478 e. The van der Waals surface area contributed by atoms with Crippen LogP contribution in [0.15, 0.2) is 36.4 Å². The van der Waals surface area contributed by atoms with Gasteiger partial charge in [0.05, 0.1) is 17.7 Å². The Labute approximate surface area is 167 Å². The first-order valence-electron chi connectivity index (χ1n) is 9.86. The number of carboxylic acid groups (broad SMARTS) is 1. The molecular formula is C23H29NO4. The van der Waals surface area contributed by atoms with Gasteiger partial charge in [0.25, 0.3) is 0 Å². The van der Waals surface area contributed by atoms with Crippen LogP contribution in [0.1, 0.15) is 55.5 Å². The number of aliphatic hydroxyl groups is 1. The molecule has 1 saturated heterocycles. The molecule has 0 spiro atoms. The van der Waals surface area contributed by atoms with Gasteiger partial charge in [-0.15, -0.1) is 11.8 Å². The molecular weight excluding hydrogens is 354 g/mol. The van der Waals surface area contributed by atoms with Gasteiger partial charge in [-0.2, -0.15) is 0 Å². The first kappa shape index (κ1) is 21.7. The van der Waals surface area contributed by atoms with E-state index in [2.05, 4.69) is 11.8 Å². The number of benzene rings is 1. The lowest BCUT2D eigenvalue weighted by Gasteiger charge is -2.23. The molecule has 1 aromatic carbocycles. The van der Waals surface area contributed by atoms with Gasteiger partial charge in [-0.3, -0.25) is 4.79 Å². The van der Waals surface area contributed by atoms with Crippen molar-refractivity contribution in [2.75, 3.05) is 6.54 Å². The van der Waals surface area contributed by atoms with Gasteiger partial charge in [0.2, 0.25) is 5.91 Å². The lowest BCUT2D eigenvalue weighted by atomic mass is 10.00. The standard InChI is InChI=1S/C23H29NO4/c1-3-4-5-6-17(2)21(25)13-11-20-12-14-22(26)24(20)16-15-18-7-9-19(10-8-18)23(27)28/h7-11,13,17,20-21,25H,3,6,12,14-16H2,1-2H3,(H,27,28)/t17-,20?,21+/m0/s1. The Morgan fingerprint density at radius 3 is 2.68 bits per heavy atom. The minimum absolute atomic E-state index is 0.00521. The van der Waals surface area contributed by atoms with Crippen LogP contribution in [0.25, 0.3) is 0 Å². The quantitative estimate of drug-likeness (QED) is 0.533. The van der Waals surface area contributed by atoms with E-state index in [1.165, 1.54) is 0 Å². The molecule has 1 fully saturated rings. The zero-order chi connectivity index (χ0) is 20.5. The van der Waals surface area contributed by atoms with Crippen molar-refractivity contribution in [3.63, 3.8) is 0 Å². The Bertz CT molecular complexity index is 757. The van der Waals surface area contributed by atoms with Gasteiger partial charge in [-0.05, 0) is 36.5 Å². The summed E-state index contributed by atoms with van der Waals surface area (Å²) in [6.07, 6.45) is 6.55. The van der Waals surface area contributed by atoms with E-state index in [-0.39, 0.29) is 23.4 Å². The van der Waals surface area contributed by atoms with Crippen LogP contribution in [0, 0.1) is 17.8 Å². The van der Waals surface area contributed by atoms with E-state index in [0.29, 0.717) is 25.8 Å². The molecule has 0 aromatic heterocycles. The van der Waals surface area contributed by atoms with Crippen LogP contribution < -0.4 is 0 Å². The highest BCUT2D eigenvalue weighted by atomic mass is 16.4. The Hall–Kier alpha value is -2.58. The normalized spacial score (nSPS) is 18.8. The summed E-state index contributed by atoms with van der Waals surface area (Å²) >= 11 is 0. The molecule has 1 aliphatic heterocycles. The average molecular weight is 383 g/mol. The highest BCUT2D eigenvalue weighted by molar-refractivity contribution is 5.87. The number of likely N-dealkylation sites (tertiary alicyclic amines) is 1. The van der Waals surface area contributed by atoms with Crippen molar-refractivity contribution in [3.8, 4) is 11.8 Å². The Morgan fingerprint density at radius 1 is 1.32 bits per heavy atom. The Morgan fingerprint density at radius 2 is 2.04 bits per heavy atom. The number of rotatable bonds is 8. The minimum atomic E-state index is -0.945. The summed E-state index contributed by atoms with van der Waals surface area (Å²) in [5, 5.41) is 19.3. The van der Waals surface area contributed by atoms with Crippen molar-refractivity contribution >= 4 is 11.9 Å². The predicted octanol–water partition coefficient (Wildman–Crippen LogP) is 3.28. The summed E-state index contributed by atoms with van der Waals surface area (Å²) in [7, 11) is 0. The predicted molar refractivity (Wildman–Crippen MR) is 109 cm³/mol. The van der Waals surface area contributed by atoms with Crippen LogP contribution in [-0.2, 0) is 11.2 Å². The van der Waals surface area contributed by atoms with Gasteiger partial charge >= 0.3 is 5.97 Å². The molecule has 1 aliphatic rings. The molecule has 28 heavy (non-hydrogen) atoms. The number of nitrogens with zero attached hydrogens (tertiary/aromatic N) is 1. The summed E-state index contributed by atoms with van der Waals surface area (Å²) in [5.41, 5.74) is 1.25. The molecule has 5 nitrogen and oxygen atoms in total. The van der Waals surface area contributed by atoms with Gasteiger partial charge in [0.15, 0.2) is 0 Å². The van der Waals surface area contributed by atoms with E-state index in [4.69, 9.17) is 5.11 Å². The van der Waals surface area contributed by atoms with Crippen LogP contribution >= 0.6 is 0 Å². The second-order valence-electron chi connectivity index (χ2n) is 7.21. The third-order valence-corrected chi connectivity index (χ3v) is 5.06. The van der Waals surface area contributed by atoms with Crippen LogP contribution in [0.4, 0.5) is 0 Å². The van der Waals surface area contributed by atoms with Gasteiger partial charge in [0, 0.05) is 25.8 Å². The molecule has 1 amide bonds. The SMILES string of the molecule is CCC#CC[C@H](C)[C@H](O)C=CC1CCC(=O)N1CCc1ccc(C(=O)O)cc1. The van der Waals surface area contributed by atoms with Crippen molar-refractivity contribution in [1.29, 1.82) is 0 Å². The molecule has 2 N–H and O–H groups in total. The highest BCUT2D eigenvalue weighted by Gasteiger charge is 2.28. The fourth-order valence-electron chi connectivity index (χ4n) is 3.22. The Kier molecular flexibility index (Phi) is 8.28. The summed E-state index contributed by atoms with van der Waals surface area (Å²) in [5.74, 6) is 5.30. The van der Waals surface area contributed by atoms with Gasteiger partial charge in [0.1, 0.15) is 0 Å². The molecule has 0 aliphatic carbocycles. The number of carboxylic acids is 1. The van der Waals surface area contributed by atoms with E-state index in [9.17, 15) is 14.7 Å².